The number of likely N-dealkylation sites (tertiary alicyclic amines) is 1. The van der Waals surface area contributed by atoms with E-state index < -0.39 is 6.04 Å². The Morgan fingerprint density at radius 1 is 1.26 bits per heavy atom. The van der Waals surface area contributed by atoms with Crippen LogP contribution in [0.4, 0.5) is 0 Å². The zero-order valence-electron chi connectivity index (χ0n) is 14.0. The molecule has 1 saturated heterocycles. The lowest BCUT2D eigenvalue weighted by molar-refractivity contribution is -0.131. The molecule has 0 bridgehead atoms. The molecule has 6 heteroatoms. The average molecular weight is 362 g/mol. The number of likely N-dealkylation sites (N-methyl/N-ethyl adjacent to an activating group) is 1. The van der Waals surface area contributed by atoms with Crippen LogP contribution in [-0.4, -0.2) is 54.0 Å². The molecule has 1 amide bonds. The largest absolute Gasteiger partial charge is 0.340 e. The molecule has 1 aromatic carbocycles. The van der Waals surface area contributed by atoms with Crippen molar-refractivity contribution >= 4 is 30.7 Å². The summed E-state index contributed by atoms with van der Waals surface area (Å²) in [5, 5.41) is 0. The van der Waals surface area contributed by atoms with E-state index >= 15 is 0 Å². The second kappa shape index (κ2) is 10.9. The summed E-state index contributed by atoms with van der Waals surface area (Å²) >= 11 is 0. The fourth-order valence-corrected chi connectivity index (χ4v) is 3.17. The van der Waals surface area contributed by atoms with Gasteiger partial charge in [-0.25, -0.2) is 0 Å². The molecule has 1 fully saturated rings. The minimum Gasteiger partial charge on any atom is -0.340 e. The molecule has 1 heterocycles. The number of nitrogens with two attached hydrogens (primary N) is 1. The molecule has 23 heavy (non-hydrogen) atoms. The molecule has 4 nitrogen and oxygen atoms in total. The van der Waals surface area contributed by atoms with Gasteiger partial charge in [-0.1, -0.05) is 44.2 Å². The van der Waals surface area contributed by atoms with Crippen molar-refractivity contribution in [2.75, 3.05) is 26.2 Å². The zero-order chi connectivity index (χ0) is 15.2. The highest BCUT2D eigenvalue weighted by Crippen LogP contribution is 2.16. The average Bonchev–Trinajstić information content (AvgIpc) is 2.98. The van der Waals surface area contributed by atoms with Crippen molar-refractivity contribution in [1.82, 2.24) is 9.80 Å². The van der Waals surface area contributed by atoms with Gasteiger partial charge in [-0.15, -0.1) is 24.8 Å². The summed E-state index contributed by atoms with van der Waals surface area (Å²) in [5.41, 5.74) is 7.23. The van der Waals surface area contributed by atoms with Crippen LogP contribution in [0.5, 0.6) is 0 Å². The maximum atomic E-state index is 12.5. The molecule has 0 radical (unpaired) electrons. The summed E-state index contributed by atoms with van der Waals surface area (Å²) in [7, 11) is 0. The Morgan fingerprint density at radius 2 is 1.87 bits per heavy atom. The van der Waals surface area contributed by atoms with Crippen molar-refractivity contribution in [3.8, 4) is 0 Å². The van der Waals surface area contributed by atoms with E-state index in [0.717, 1.165) is 38.2 Å². The van der Waals surface area contributed by atoms with Gasteiger partial charge in [0, 0.05) is 19.1 Å². The Balaban J connectivity index is 0.00000242. The maximum Gasteiger partial charge on any atom is 0.239 e. The third-order valence-corrected chi connectivity index (χ3v) is 4.42. The molecule has 0 aliphatic carbocycles. The van der Waals surface area contributed by atoms with Crippen LogP contribution in [0, 0.1) is 0 Å². The molecule has 2 N–H and O–H groups in total. The topological polar surface area (TPSA) is 49.6 Å². The lowest BCUT2D eigenvalue weighted by Crippen LogP contribution is -2.45. The van der Waals surface area contributed by atoms with Crippen molar-refractivity contribution in [2.45, 2.75) is 38.8 Å². The number of carbonyl (C=O) groups excluding carboxylic acids is 1. The number of hydrogen-bond donors (Lipinski definition) is 1. The minimum absolute atomic E-state index is 0. The van der Waals surface area contributed by atoms with Crippen molar-refractivity contribution in [2.24, 2.45) is 5.73 Å². The Morgan fingerprint density at radius 3 is 2.43 bits per heavy atom. The van der Waals surface area contributed by atoms with E-state index in [1.165, 1.54) is 0 Å². The van der Waals surface area contributed by atoms with E-state index in [9.17, 15) is 4.79 Å². The van der Waals surface area contributed by atoms with Gasteiger partial charge in [-0.2, -0.15) is 0 Å². The molecule has 1 aliphatic rings. The quantitative estimate of drug-likeness (QED) is 0.845. The molecular weight excluding hydrogens is 333 g/mol. The minimum atomic E-state index is -0.428. The highest BCUT2D eigenvalue weighted by atomic mass is 35.5. The lowest BCUT2D eigenvalue weighted by Gasteiger charge is -2.27. The number of hydrogen-bond acceptors (Lipinski definition) is 3. The summed E-state index contributed by atoms with van der Waals surface area (Å²) in [6.07, 6.45) is 1.68. The molecule has 0 saturated carbocycles. The monoisotopic (exact) mass is 361 g/mol. The van der Waals surface area contributed by atoms with E-state index in [1.54, 1.807) is 0 Å². The SMILES string of the molecule is CCN(CC)C1CCN(C(=O)C(N)Cc2ccccc2)C1.Cl.Cl. The van der Waals surface area contributed by atoms with Crippen LogP contribution in [0.3, 0.4) is 0 Å². The van der Waals surface area contributed by atoms with Gasteiger partial charge in [0.15, 0.2) is 0 Å². The van der Waals surface area contributed by atoms with Gasteiger partial charge >= 0.3 is 0 Å². The maximum absolute atomic E-state index is 12.5. The second-order valence-electron chi connectivity index (χ2n) is 5.74. The van der Waals surface area contributed by atoms with Crippen molar-refractivity contribution in [3.05, 3.63) is 35.9 Å². The first-order valence-corrected chi connectivity index (χ1v) is 7.98. The second-order valence-corrected chi connectivity index (χ2v) is 5.74. The Labute approximate surface area is 152 Å². The fourth-order valence-electron chi connectivity index (χ4n) is 3.17. The van der Waals surface area contributed by atoms with Gasteiger partial charge in [0.1, 0.15) is 0 Å². The first kappa shape index (κ1) is 22.2. The van der Waals surface area contributed by atoms with E-state index in [-0.39, 0.29) is 30.7 Å². The number of rotatable bonds is 6. The van der Waals surface area contributed by atoms with Gasteiger partial charge in [-0.3, -0.25) is 9.69 Å². The van der Waals surface area contributed by atoms with Crippen LogP contribution in [0.1, 0.15) is 25.8 Å². The smallest absolute Gasteiger partial charge is 0.239 e. The van der Waals surface area contributed by atoms with Gasteiger partial charge in [0.05, 0.1) is 6.04 Å². The molecule has 0 aromatic heterocycles. The van der Waals surface area contributed by atoms with Crippen molar-refractivity contribution in [1.29, 1.82) is 0 Å². The van der Waals surface area contributed by atoms with Gasteiger partial charge < -0.3 is 10.6 Å². The van der Waals surface area contributed by atoms with Crippen LogP contribution < -0.4 is 5.73 Å². The predicted octanol–water partition coefficient (Wildman–Crippen LogP) is 2.34. The highest BCUT2D eigenvalue weighted by Gasteiger charge is 2.31. The number of amides is 1. The first-order chi connectivity index (χ1) is 10.2. The zero-order valence-corrected chi connectivity index (χ0v) is 15.6. The molecular formula is C17H29Cl2N3O. The standard InChI is InChI=1S/C17H27N3O.2ClH/c1-3-19(4-2)15-10-11-20(13-15)17(21)16(18)12-14-8-6-5-7-9-14;;/h5-9,15-16H,3-4,10-13,18H2,1-2H3;2*1H. The summed E-state index contributed by atoms with van der Waals surface area (Å²) in [6.45, 7) is 8.09. The van der Waals surface area contributed by atoms with Crippen LogP contribution in [0.15, 0.2) is 30.3 Å². The summed E-state index contributed by atoms with van der Waals surface area (Å²) in [5.74, 6) is 0.0912. The molecule has 1 aliphatic heterocycles. The third-order valence-electron chi connectivity index (χ3n) is 4.42. The van der Waals surface area contributed by atoms with Crippen molar-refractivity contribution in [3.63, 3.8) is 0 Å². The molecule has 2 rings (SSSR count). The Bertz CT molecular complexity index is 454. The molecule has 0 spiro atoms. The third kappa shape index (κ3) is 5.96. The lowest BCUT2D eigenvalue weighted by atomic mass is 10.1. The highest BCUT2D eigenvalue weighted by molar-refractivity contribution is 5.85. The summed E-state index contributed by atoms with van der Waals surface area (Å²) < 4.78 is 0. The van der Waals surface area contributed by atoms with Gasteiger partial charge in [0.25, 0.3) is 0 Å². The summed E-state index contributed by atoms with van der Waals surface area (Å²) in [4.78, 5) is 16.8. The van der Waals surface area contributed by atoms with E-state index in [0.29, 0.717) is 12.5 Å². The van der Waals surface area contributed by atoms with E-state index in [2.05, 4.69) is 18.7 Å². The summed E-state index contributed by atoms with van der Waals surface area (Å²) in [6, 6.07) is 10.1. The predicted molar refractivity (Wildman–Crippen MR) is 101 cm³/mol. The number of nitrogens with zero attached hydrogens (tertiary/aromatic N) is 2. The number of benzene rings is 1. The van der Waals surface area contributed by atoms with Gasteiger partial charge in [0.2, 0.25) is 5.91 Å². The molecule has 2 unspecified atom stereocenters. The normalized spacial score (nSPS) is 18.3. The molecule has 132 valence electrons. The molecule has 2 atom stereocenters. The Kier molecular flexibility index (Phi) is 10.5. The van der Waals surface area contributed by atoms with E-state index in [4.69, 9.17) is 5.73 Å². The van der Waals surface area contributed by atoms with Crippen LogP contribution >= 0.6 is 24.8 Å². The Hall–Kier alpha value is -0.810. The van der Waals surface area contributed by atoms with Crippen LogP contribution in [0.2, 0.25) is 0 Å². The van der Waals surface area contributed by atoms with Crippen LogP contribution in [-0.2, 0) is 11.2 Å². The number of carbonyl (C=O) groups is 1. The van der Waals surface area contributed by atoms with Crippen LogP contribution in [0.25, 0.3) is 0 Å². The van der Waals surface area contributed by atoms with Crippen molar-refractivity contribution < 1.29 is 4.79 Å². The number of halogens is 2. The van der Waals surface area contributed by atoms with E-state index in [1.807, 2.05) is 35.2 Å². The molecule has 1 aromatic rings. The van der Waals surface area contributed by atoms with Gasteiger partial charge in [-0.05, 0) is 31.5 Å². The fraction of sp³-hybridized carbons (Fsp3) is 0.588. The first-order valence-electron chi connectivity index (χ1n) is 7.98.